The van der Waals surface area contributed by atoms with Crippen LogP contribution in [0.4, 0.5) is 0 Å². The predicted octanol–water partition coefficient (Wildman–Crippen LogP) is 9.60. The van der Waals surface area contributed by atoms with Crippen LogP contribution in [-0.2, 0) is 0 Å². The molecule has 0 aromatic rings. The molecule has 1 nitrogen and oxygen atoms in total. The van der Waals surface area contributed by atoms with Crippen LogP contribution in [0.1, 0.15) is 139 Å². The van der Waals surface area contributed by atoms with Gasteiger partial charge in [0, 0.05) is 6.04 Å². The molecule has 3 rings (SSSR count). The van der Waals surface area contributed by atoms with Crippen LogP contribution < -0.4 is 0 Å². The Morgan fingerprint density at radius 2 is 0.968 bits per heavy atom. The van der Waals surface area contributed by atoms with Crippen molar-refractivity contribution in [2.75, 3.05) is 13.1 Å². The van der Waals surface area contributed by atoms with Crippen molar-refractivity contribution in [3.8, 4) is 0 Å². The molecule has 1 heteroatoms. The van der Waals surface area contributed by atoms with Gasteiger partial charge in [0.05, 0.1) is 0 Å². The van der Waals surface area contributed by atoms with Crippen LogP contribution >= 0.6 is 0 Å². The van der Waals surface area contributed by atoms with Crippen molar-refractivity contribution in [3.63, 3.8) is 0 Å². The highest BCUT2D eigenvalue weighted by atomic mass is 15.1. The zero-order valence-corrected chi connectivity index (χ0v) is 23.1. The molecule has 0 bridgehead atoms. The van der Waals surface area contributed by atoms with Crippen LogP contribution in [0.5, 0.6) is 0 Å². The molecule has 3 fully saturated rings. The van der Waals surface area contributed by atoms with Gasteiger partial charge >= 0.3 is 0 Å². The van der Waals surface area contributed by atoms with Crippen LogP contribution in [-0.4, -0.2) is 24.0 Å². The Kier molecular flexibility index (Phi) is 15.5. The second-order valence-corrected chi connectivity index (χ2v) is 12.5. The second kappa shape index (κ2) is 16.6. The first-order chi connectivity index (χ1) is 14.7. The summed E-state index contributed by atoms with van der Waals surface area (Å²) < 4.78 is 0. The molecule has 0 radical (unpaired) electrons. The van der Waals surface area contributed by atoms with Gasteiger partial charge in [-0.2, -0.15) is 0 Å². The quantitative estimate of drug-likeness (QED) is 0.415. The highest BCUT2D eigenvalue weighted by Gasteiger charge is 2.22. The molecule has 1 aliphatic heterocycles. The van der Waals surface area contributed by atoms with Gasteiger partial charge in [-0.05, 0) is 81.7 Å². The van der Waals surface area contributed by atoms with Crippen molar-refractivity contribution in [1.29, 1.82) is 0 Å². The van der Waals surface area contributed by atoms with E-state index >= 15 is 0 Å². The van der Waals surface area contributed by atoms with Crippen LogP contribution in [0.2, 0.25) is 0 Å². The minimum atomic E-state index is 0.748. The number of hydrogen-bond donors (Lipinski definition) is 0. The first kappa shape index (κ1) is 29.0. The van der Waals surface area contributed by atoms with Gasteiger partial charge in [0.1, 0.15) is 0 Å². The van der Waals surface area contributed by atoms with E-state index in [9.17, 15) is 0 Å². The molecule has 0 aromatic carbocycles. The van der Waals surface area contributed by atoms with E-state index in [1.54, 1.807) is 0 Å². The van der Waals surface area contributed by atoms with E-state index in [0.717, 1.165) is 41.5 Å². The summed E-state index contributed by atoms with van der Waals surface area (Å²) in [6.45, 7) is 21.4. The third-order valence-corrected chi connectivity index (χ3v) is 8.37. The smallest absolute Gasteiger partial charge is 0.00385 e. The molecule has 0 aromatic heterocycles. The van der Waals surface area contributed by atoms with E-state index in [1.165, 1.54) is 96.6 Å². The van der Waals surface area contributed by atoms with E-state index in [0.29, 0.717) is 0 Å². The zero-order valence-electron chi connectivity index (χ0n) is 23.1. The molecule has 2 aliphatic carbocycles. The normalized spacial score (nSPS) is 22.5. The Hall–Kier alpha value is -0.0400. The monoisotopic (exact) mass is 435 g/mol. The first-order valence-electron chi connectivity index (χ1n) is 14.4. The molecule has 1 heterocycles. The lowest BCUT2D eigenvalue weighted by atomic mass is 9.82. The molecule has 0 atom stereocenters. The number of rotatable bonds is 5. The molecule has 0 unspecified atom stereocenters. The maximum absolute atomic E-state index is 2.60. The third-order valence-electron chi connectivity index (χ3n) is 8.37. The number of hydrogen-bond acceptors (Lipinski definition) is 1. The Morgan fingerprint density at radius 1 is 0.548 bits per heavy atom. The van der Waals surface area contributed by atoms with Gasteiger partial charge < -0.3 is 4.90 Å². The largest absolute Gasteiger partial charge is 0.301 e. The first-order valence-corrected chi connectivity index (χ1v) is 14.4. The van der Waals surface area contributed by atoms with Crippen molar-refractivity contribution in [2.45, 2.75) is 145 Å². The summed E-state index contributed by atoms with van der Waals surface area (Å²) in [5.74, 6) is 5.86. The minimum Gasteiger partial charge on any atom is -0.301 e. The molecule has 0 spiro atoms. The Morgan fingerprint density at radius 3 is 1.32 bits per heavy atom. The van der Waals surface area contributed by atoms with E-state index in [1.807, 2.05) is 0 Å². The van der Waals surface area contributed by atoms with Crippen molar-refractivity contribution in [1.82, 2.24) is 4.90 Å². The standard InChI is InChI=1S/C11H23N.C10H20.C9H18/c1-9(2)11-5-7-12(8-6-11)10(3)4;1-9(2)8-10-6-4-3-5-7-10;1-8(2)9-6-4-3-5-7-9/h9-11H,5-8H2,1-4H3;9-10H,3-8H2,1-2H3;8-9H,3-7H2,1-2H3. The van der Waals surface area contributed by atoms with E-state index in [2.05, 4.69) is 60.3 Å². The molecule has 3 aliphatic rings. The highest BCUT2D eigenvalue weighted by molar-refractivity contribution is 4.76. The third kappa shape index (κ3) is 13.3. The summed E-state index contributed by atoms with van der Waals surface area (Å²) in [6, 6.07) is 0.748. The van der Waals surface area contributed by atoms with Crippen LogP contribution in [0.25, 0.3) is 0 Å². The summed E-state index contributed by atoms with van der Waals surface area (Å²) in [7, 11) is 0. The van der Waals surface area contributed by atoms with Crippen molar-refractivity contribution in [2.24, 2.45) is 35.5 Å². The molecular weight excluding hydrogens is 374 g/mol. The molecular formula is C30H61N. The number of likely N-dealkylation sites (tertiary alicyclic amines) is 1. The van der Waals surface area contributed by atoms with Gasteiger partial charge in [-0.1, -0.05) is 106 Å². The van der Waals surface area contributed by atoms with Gasteiger partial charge in [-0.3, -0.25) is 0 Å². The van der Waals surface area contributed by atoms with E-state index in [4.69, 9.17) is 0 Å². The van der Waals surface area contributed by atoms with E-state index in [-0.39, 0.29) is 0 Å². The van der Waals surface area contributed by atoms with Crippen molar-refractivity contribution >= 4 is 0 Å². The number of nitrogens with zero attached hydrogens (tertiary/aromatic N) is 1. The van der Waals surface area contributed by atoms with Gasteiger partial charge in [0.2, 0.25) is 0 Å². The summed E-state index contributed by atoms with van der Waals surface area (Å²) in [4.78, 5) is 2.60. The van der Waals surface area contributed by atoms with Crippen LogP contribution in [0, 0.1) is 35.5 Å². The van der Waals surface area contributed by atoms with Gasteiger partial charge in [-0.15, -0.1) is 0 Å². The Bertz CT molecular complexity index is 375. The van der Waals surface area contributed by atoms with Crippen LogP contribution in [0.3, 0.4) is 0 Å². The number of piperidine rings is 1. The van der Waals surface area contributed by atoms with Crippen LogP contribution in [0.15, 0.2) is 0 Å². The molecule has 186 valence electrons. The Labute approximate surface area is 198 Å². The lowest BCUT2D eigenvalue weighted by Gasteiger charge is -2.36. The fourth-order valence-corrected chi connectivity index (χ4v) is 5.99. The fourth-order valence-electron chi connectivity index (χ4n) is 5.99. The Balaban J connectivity index is 0.000000235. The summed E-state index contributed by atoms with van der Waals surface area (Å²) in [5, 5.41) is 0. The summed E-state index contributed by atoms with van der Waals surface area (Å²) in [6.07, 6.45) is 19.3. The van der Waals surface area contributed by atoms with Gasteiger partial charge in [0.25, 0.3) is 0 Å². The zero-order chi connectivity index (χ0) is 23.2. The average Bonchev–Trinajstić information content (AvgIpc) is 2.75. The second-order valence-electron chi connectivity index (χ2n) is 12.5. The maximum atomic E-state index is 2.60. The maximum Gasteiger partial charge on any atom is 0.00385 e. The molecule has 31 heavy (non-hydrogen) atoms. The lowest BCUT2D eigenvalue weighted by Crippen LogP contribution is -2.39. The topological polar surface area (TPSA) is 3.24 Å². The summed E-state index contributed by atoms with van der Waals surface area (Å²) in [5.41, 5.74) is 0. The fraction of sp³-hybridized carbons (Fsp3) is 1.00. The predicted molar refractivity (Wildman–Crippen MR) is 142 cm³/mol. The SMILES string of the molecule is CC(C)C1CCCCC1.CC(C)C1CCN(C(C)C)CC1.CC(C)CC1CCCCC1. The van der Waals surface area contributed by atoms with Crippen molar-refractivity contribution < 1.29 is 0 Å². The molecule has 0 N–H and O–H groups in total. The minimum absolute atomic E-state index is 0.748. The van der Waals surface area contributed by atoms with E-state index < -0.39 is 0 Å². The lowest BCUT2D eigenvalue weighted by molar-refractivity contribution is 0.129. The van der Waals surface area contributed by atoms with Crippen molar-refractivity contribution in [3.05, 3.63) is 0 Å². The molecule has 1 saturated heterocycles. The molecule has 2 saturated carbocycles. The average molecular weight is 436 g/mol. The molecule has 0 amide bonds. The van der Waals surface area contributed by atoms with Gasteiger partial charge in [0.15, 0.2) is 0 Å². The highest BCUT2D eigenvalue weighted by Crippen LogP contribution is 2.29. The summed E-state index contributed by atoms with van der Waals surface area (Å²) >= 11 is 0. The van der Waals surface area contributed by atoms with Gasteiger partial charge in [-0.25, -0.2) is 0 Å².